The molecule has 2 aromatic heterocycles. The molecule has 0 radical (unpaired) electrons. The van der Waals surface area contributed by atoms with E-state index in [2.05, 4.69) is 51.8 Å². The predicted molar refractivity (Wildman–Crippen MR) is 398 cm³/mol. The van der Waals surface area contributed by atoms with E-state index in [4.69, 9.17) is 34.4 Å². The molecule has 109 heavy (non-hydrogen) atoms. The van der Waals surface area contributed by atoms with Crippen LogP contribution in [0.3, 0.4) is 0 Å². The molecule has 0 saturated carbocycles. The zero-order valence-electron chi connectivity index (χ0n) is 60.8. The maximum Gasteiger partial charge on any atom is 0.304 e. The normalized spacial score (nSPS) is 14.2. The summed E-state index contributed by atoms with van der Waals surface area (Å²) >= 11 is -0.486. The Morgan fingerprint density at radius 1 is 0.587 bits per heavy atom. The standard InChI is InChI=1S/C71H99N17O19SSe/c1-39(2)22-51(85-70(105)46(36-89)29-60(95)54(32-61(74)96)84-66(101)40(3)23-56(91)55(82-62(97)33-73)37-109-108-63-19-16-48(35-80-63)88(106)107)57(92)26-43(12-9-21-79-71(76)77)67(102)86-52(25-41-10-5-4-6-11-41)58(93)27-44(24-42-14-17-49(90)18-15-42)68(103)87-53(31-47-34-78-38-81-47)59(94)28-45(30-64(98)99)69(104)83-50(65(75)100)13-7-8-20-72/h4-6,10-11,14-19,34-35,38-40,43-46,50-55,89-90H,7-9,12-13,20-33,36-37,72-73H2,1-3H3,(H2,74,96)(H2,75,100)(H,78,81)(H,82,97)(H,83,104)(H,84,101)(H,85,105)(H,86,102)(H,87,103)(H,98,99)(H4,76,77,79)/t40-,43-,44-,45+,46+,50+,51+,52+,53+,54+,55+/m1/s1. The molecular weight excluding hydrogens is 1510 g/mol. The van der Waals surface area contributed by atoms with Crippen LogP contribution < -0.4 is 66.3 Å². The molecule has 22 N–H and O–H groups in total. The molecule has 11 atom stereocenters. The SMILES string of the molecule is CC(C)C[C@H](NC(=O)[C@H](CO)CC(=O)[C@H](CC(N)=O)NC(=O)[C@H](C)CC(=O)[C@H](C[Se]Sc1ccc([N+](=O)[O-])cn1)NC(=O)CN)C(=O)C[C@@H](CCCN=C(N)N)C(=O)N[C@@H](Cc1ccccc1)C(=O)C[C@@H](Cc1ccc(O)cc1)C(=O)N[C@@H](Cc1cnc[nH]1)C(=O)C[C@@H](CC(=O)O)C(=O)N[C@@H](CCCCN)C(N)=O. The summed E-state index contributed by atoms with van der Waals surface area (Å²) in [4.78, 5) is 218. The number of rotatable bonds is 54. The van der Waals surface area contributed by atoms with Gasteiger partial charge in [-0.05, 0) is 87.1 Å². The van der Waals surface area contributed by atoms with Gasteiger partial charge in [0.05, 0.1) is 36.8 Å². The number of aliphatic hydroxyl groups is 1. The number of phenols is 1. The summed E-state index contributed by atoms with van der Waals surface area (Å²) in [6, 6.07) is 8.37. The Hall–Kier alpha value is -10.4. The number of aliphatic imine (C=N–C) groups is 1. The summed E-state index contributed by atoms with van der Waals surface area (Å²) in [6.07, 6.45) is -1.02. The first-order valence-corrected chi connectivity index (χ1v) is 39.2. The van der Waals surface area contributed by atoms with Gasteiger partial charge < -0.3 is 64.5 Å². The summed E-state index contributed by atoms with van der Waals surface area (Å²) < 4.78 is 0. The number of carbonyl (C=O) groups is 14. The van der Waals surface area contributed by atoms with Gasteiger partial charge in [0.1, 0.15) is 11.8 Å². The number of Topliss-reactive ketones (excluding diaryl/α,β-unsaturated/α-hetero) is 5. The number of ketones is 5. The van der Waals surface area contributed by atoms with Crippen LogP contribution in [0.2, 0.25) is 5.32 Å². The van der Waals surface area contributed by atoms with Crippen molar-refractivity contribution in [1.82, 2.24) is 46.9 Å². The Kier molecular flexibility index (Phi) is 39.6. The molecule has 0 spiro atoms. The number of aromatic amines is 1. The fourth-order valence-corrected chi connectivity index (χ4v) is 15.2. The van der Waals surface area contributed by atoms with E-state index in [1.54, 1.807) is 44.2 Å². The van der Waals surface area contributed by atoms with Gasteiger partial charge in [0.15, 0.2) is 23.3 Å². The number of carbonyl (C=O) groups excluding carboxylic acids is 13. The van der Waals surface area contributed by atoms with E-state index < -0.39 is 225 Å². The maximum absolute atomic E-state index is 15.2. The van der Waals surface area contributed by atoms with E-state index in [9.17, 15) is 83.0 Å². The van der Waals surface area contributed by atoms with Gasteiger partial charge in [0, 0.05) is 56.0 Å². The minimum atomic E-state index is -1.69. The Labute approximate surface area is 638 Å². The number of phenolic OH excluding ortho intramolecular Hbond substituents is 1. The Morgan fingerprint density at radius 2 is 1.15 bits per heavy atom. The van der Waals surface area contributed by atoms with Crippen molar-refractivity contribution < 1.29 is 87.4 Å². The summed E-state index contributed by atoms with van der Waals surface area (Å²) in [6.45, 7) is 3.57. The van der Waals surface area contributed by atoms with Gasteiger partial charge in [-0.3, -0.25) is 48.1 Å². The number of pyridine rings is 1. The number of carboxylic acid groups (broad SMARTS) is 1. The molecular formula is C71H99N17O19SSe. The number of aromatic hydroxyl groups is 1. The average molecular weight is 1610 g/mol. The zero-order valence-corrected chi connectivity index (χ0v) is 63.3. The van der Waals surface area contributed by atoms with Gasteiger partial charge in [0.25, 0.3) is 0 Å². The Balaban J connectivity index is 1.62. The number of carboxylic acids is 1. The molecule has 8 amide bonds. The quantitative estimate of drug-likeness (QED) is 0.00636. The molecule has 0 fully saturated rings. The van der Waals surface area contributed by atoms with Gasteiger partial charge in [-0.25, -0.2) is 4.98 Å². The minimum Gasteiger partial charge on any atom is -0.508 e. The van der Waals surface area contributed by atoms with E-state index in [0.29, 0.717) is 34.7 Å². The van der Waals surface area contributed by atoms with E-state index in [-0.39, 0.29) is 86.7 Å². The van der Waals surface area contributed by atoms with Crippen molar-refractivity contribution in [3.8, 4) is 5.75 Å². The molecule has 0 aliphatic heterocycles. The van der Waals surface area contributed by atoms with Crippen molar-refractivity contribution in [2.24, 2.45) is 74.9 Å². The number of imidazole rings is 1. The number of hydrogen-bond donors (Lipinski definition) is 16. The van der Waals surface area contributed by atoms with E-state index in [0.717, 1.165) is 6.20 Å². The molecule has 0 unspecified atom stereocenters. The number of nitro groups is 1. The maximum atomic E-state index is 15.2. The number of guanidine groups is 1. The van der Waals surface area contributed by atoms with Crippen LogP contribution in [0.5, 0.6) is 5.75 Å². The number of nitrogens with zero attached hydrogens (tertiary/aromatic N) is 4. The molecule has 0 aliphatic rings. The summed E-state index contributed by atoms with van der Waals surface area (Å²) in [7, 11) is 1.19. The van der Waals surface area contributed by atoms with Crippen LogP contribution in [-0.4, -0.2) is 200 Å². The fourth-order valence-electron chi connectivity index (χ4n) is 11.4. The third-order valence-corrected chi connectivity index (χ3v) is 21.4. The average Bonchev–Trinajstić information content (AvgIpc) is 1.33. The molecule has 0 saturated heterocycles. The van der Waals surface area contributed by atoms with E-state index in [1.807, 2.05) is 0 Å². The van der Waals surface area contributed by atoms with Crippen LogP contribution in [0, 0.1) is 45.6 Å². The second kappa shape index (κ2) is 47.4. The monoisotopic (exact) mass is 1610 g/mol. The predicted octanol–water partition coefficient (Wildman–Crippen LogP) is -0.903. The van der Waals surface area contributed by atoms with Crippen molar-refractivity contribution in [2.75, 3.05) is 26.2 Å². The van der Waals surface area contributed by atoms with E-state index >= 15 is 9.59 Å². The molecule has 4 aromatic rings. The number of benzene rings is 2. The van der Waals surface area contributed by atoms with Crippen molar-refractivity contribution in [3.05, 3.63) is 112 Å². The molecule has 36 nitrogen and oxygen atoms in total. The topological polar surface area (TPSA) is 625 Å². The first kappa shape index (κ1) is 91.0. The van der Waals surface area contributed by atoms with E-state index in [1.165, 1.54) is 66.0 Å². The number of amides is 8. The summed E-state index contributed by atoms with van der Waals surface area (Å²) in [5.74, 6) is -20.3. The number of H-pyrrole nitrogens is 1. The Morgan fingerprint density at radius 3 is 1.72 bits per heavy atom. The molecule has 594 valence electrons. The first-order chi connectivity index (χ1) is 51.7. The second-order valence-corrected chi connectivity index (χ2v) is 30.8. The molecule has 0 bridgehead atoms. The Bertz CT molecular complexity index is 3780. The van der Waals surface area contributed by atoms with Gasteiger partial charge in [-0.1, -0.05) is 56.3 Å². The van der Waals surface area contributed by atoms with Crippen molar-refractivity contribution in [2.45, 2.75) is 170 Å². The van der Waals surface area contributed by atoms with Crippen LogP contribution in [0.15, 0.2) is 95.5 Å². The van der Waals surface area contributed by atoms with Crippen LogP contribution in [-0.2, 0) is 86.4 Å². The third kappa shape index (κ3) is 33.7. The van der Waals surface area contributed by atoms with Gasteiger partial charge in [-0.2, -0.15) is 0 Å². The zero-order chi connectivity index (χ0) is 80.9. The number of nitrogens with two attached hydrogens (primary N) is 6. The van der Waals surface area contributed by atoms with Crippen molar-refractivity contribution in [1.29, 1.82) is 0 Å². The molecule has 0 aliphatic carbocycles. The van der Waals surface area contributed by atoms with Crippen molar-refractivity contribution in [3.63, 3.8) is 0 Å². The molecule has 4 rings (SSSR count). The first-order valence-electron chi connectivity index (χ1n) is 35.2. The molecule has 38 heteroatoms. The van der Waals surface area contributed by atoms with Crippen LogP contribution >= 0.6 is 10.2 Å². The van der Waals surface area contributed by atoms with Crippen LogP contribution in [0.1, 0.15) is 121 Å². The van der Waals surface area contributed by atoms with Gasteiger partial charge in [0.2, 0.25) is 23.6 Å². The number of aromatic nitrogens is 3. The van der Waals surface area contributed by atoms with Gasteiger partial charge >= 0.3 is 229 Å². The minimum absolute atomic E-state index is 0.0291. The second-order valence-electron chi connectivity index (χ2n) is 26.7. The number of aliphatic carboxylic acids is 1. The van der Waals surface area contributed by atoms with Crippen molar-refractivity contribution >= 4 is 118 Å². The number of nitrogens with one attached hydrogen (secondary N) is 7. The number of hydrogen-bond acceptors (Lipinski definition) is 24. The molecule has 2 heterocycles. The number of unbranched alkanes of at least 4 members (excludes halogenated alkanes) is 1. The van der Waals surface area contributed by atoms with Crippen LogP contribution in [0.4, 0.5) is 5.69 Å². The smallest absolute Gasteiger partial charge is 0.304 e. The molecule has 2 aromatic carbocycles. The number of aliphatic hydroxyl groups excluding tert-OH is 1. The summed E-state index contributed by atoms with van der Waals surface area (Å²) in [5.41, 5.74) is 34.5. The van der Waals surface area contributed by atoms with Gasteiger partial charge in [-0.15, -0.1) is 0 Å². The van der Waals surface area contributed by atoms with Crippen LogP contribution in [0.25, 0.3) is 0 Å². The third-order valence-electron chi connectivity index (χ3n) is 17.3. The summed E-state index contributed by atoms with van der Waals surface area (Å²) in [5, 5.41) is 57.8. The number of primary amides is 2. The largest absolute Gasteiger partial charge is 0.508 e. The fraction of sp³-hybridized carbons (Fsp3) is 0.507.